The van der Waals surface area contributed by atoms with Crippen LogP contribution in [-0.2, 0) is 15.3 Å². The SMILES string of the molecule is CC(C)(C)c1cc(C(=O)N2CCS(=O)(=O)CC2)c(NC(=O)Nc2c[nH]c(=O)c3ccccc23)s1. The van der Waals surface area contributed by atoms with Crippen LogP contribution in [0.3, 0.4) is 0 Å². The molecule has 0 saturated carbocycles. The lowest BCUT2D eigenvalue weighted by Gasteiger charge is -2.26. The predicted octanol–water partition coefficient (Wildman–Crippen LogP) is 3.40. The number of hydrogen-bond donors (Lipinski definition) is 3. The summed E-state index contributed by atoms with van der Waals surface area (Å²) in [6.45, 7) is 6.28. The van der Waals surface area contributed by atoms with Crippen molar-refractivity contribution in [2.45, 2.75) is 26.2 Å². The maximum absolute atomic E-state index is 13.3. The summed E-state index contributed by atoms with van der Waals surface area (Å²) < 4.78 is 23.5. The van der Waals surface area contributed by atoms with Gasteiger partial charge in [0.05, 0.1) is 22.8 Å². The average molecular weight is 503 g/mol. The first kappa shape index (κ1) is 24.0. The molecule has 3 N–H and O–H groups in total. The van der Waals surface area contributed by atoms with Crippen molar-refractivity contribution in [3.8, 4) is 0 Å². The van der Waals surface area contributed by atoms with E-state index >= 15 is 0 Å². The summed E-state index contributed by atoms with van der Waals surface area (Å²) in [7, 11) is -3.13. The Morgan fingerprint density at radius 1 is 1.06 bits per heavy atom. The van der Waals surface area contributed by atoms with E-state index in [4.69, 9.17) is 0 Å². The van der Waals surface area contributed by atoms with Gasteiger partial charge in [-0.2, -0.15) is 0 Å². The summed E-state index contributed by atoms with van der Waals surface area (Å²) in [6, 6.07) is 8.13. The fourth-order valence-electron chi connectivity index (χ4n) is 3.67. The number of urea groups is 1. The summed E-state index contributed by atoms with van der Waals surface area (Å²) in [5.41, 5.74) is 0.243. The van der Waals surface area contributed by atoms with Gasteiger partial charge in [-0.05, 0) is 17.5 Å². The minimum Gasteiger partial charge on any atom is -0.337 e. The highest BCUT2D eigenvalue weighted by Gasteiger charge is 2.30. The summed E-state index contributed by atoms with van der Waals surface area (Å²) in [5.74, 6) is -0.457. The Bertz CT molecular complexity index is 1420. The zero-order chi connectivity index (χ0) is 24.7. The van der Waals surface area contributed by atoms with Gasteiger partial charge in [-0.1, -0.05) is 39.0 Å². The number of nitrogens with zero attached hydrogens (tertiary/aromatic N) is 1. The summed E-state index contributed by atoms with van der Waals surface area (Å²) in [4.78, 5) is 43.2. The molecule has 1 aliphatic heterocycles. The summed E-state index contributed by atoms with van der Waals surface area (Å²) in [6.07, 6.45) is 1.43. The molecular formula is C23H26N4O5S2. The number of rotatable bonds is 3. The third-order valence-corrected chi connectivity index (χ3v) is 8.70. The van der Waals surface area contributed by atoms with Crippen LogP contribution in [0, 0.1) is 0 Å². The van der Waals surface area contributed by atoms with Gasteiger partial charge in [0.1, 0.15) is 5.00 Å². The fourth-order valence-corrected chi connectivity index (χ4v) is 5.97. The highest BCUT2D eigenvalue weighted by Crippen LogP contribution is 2.37. The van der Waals surface area contributed by atoms with E-state index in [1.807, 2.05) is 20.8 Å². The molecular weight excluding hydrogens is 476 g/mol. The van der Waals surface area contributed by atoms with Crippen molar-refractivity contribution in [2.24, 2.45) is 0 Å². The third kappa shape index (κ3) is 5.00. The molecule has 0 spiro atoms. The number of carbonyl (C=O) groups excluding carboxylic acids is 2. The van der Waals surface area contributed by atoms with Gasteiger partial charge in [0.15, 0.2) is 9.84 Å². The van der Waals surface area contributed by atoms with Crippen LogP contribution < -0.4 is 16.2 Å². The normalized spacial score (nSPS) is 15.8. The number of H-pyrrole nitrogens is 1. The number of carbonyl (C=O) groups is 2. The Morgan fingerprint density at radius 3 is 2.35 bits per heavy atom. The molecule has 0 atom stereocenters. The van der Waals surface area contributed by atoms with Gasteiger partial charge in [-0.15, -0.1) is 11.3 Å². The number of aromatic amines is 1. The first-order valence-electron chi connectivity index (χ1n) is 10.8. The van der Waals surface area contributed by atoms with E-state index in [9.17, 15) is 22.8 Å². The number of fused-ring (bicyclic) bond motifs is 1. The monoisotopic (exact) mass is 502 g/mol. The van der Waals surface area contributed by atoms with Crippen LogP contribution in [0.1, 0.15) is 36.0 Å². The highest BCUT2D eigenvalue weighted by molar-refractivity contribution is 7.91. The number of hydrogen-bond acceptors (Lipinski definition) is 6. The Kier molecular flexibility index (Phi) is 6.26. The summed E-state index contributed by atoms with van der Waals surface area (Å²) in [5, 5.41) is 6.95. The number of aromatic nitrogens is 1. The Balaban J connectivity index is 1.61. The lowest BCUT2D eigenvalue weighted by atomic mass is 9.94. The van der Waals surface area contributed by atoms with Gasteiger partial charge in [0, 0.05) is 34.9 Å². The smallest absolute Gasteiger partial charge is 0.324 e. The van der Waals surface area contributed by atoms with Crippen molar-refractivity contribution in [2.75, 3.05) is 35.2 Å². The predicted molar refractivity (Wildman–Crippen MR) is 135 cm³/mol. The Labute approximate surface area is 201 Å². The van der Waals surface area contributed by atoms with E-state index in [1.165, 1.54) is 22.4 Å². The molecule has 1 saturated heterocycles. The second kappa shape index (κ2) is 8.88. The van der Waals surface area contributed by atoms with Crippen molar-refractivity contribution in [1.82, 2.24) is 9.88 Å². The van der Waals surface area contributed by atoms with Gasteiger partial charge >= 0.3 is 6.03 Å². The largest absolute Gasteiger partial charge is 0.337 e. The standard InChI is InChI=1S/C23H26N4O5S2/c1-23(2,3)18-12-16(21(29)27-8-10-34(31,32)11-9-27)20(33-18)26-22(30)25-17-13-24-19(28)15-7-5-4-6-14(15)17/h4-7,12-13H,8-11H2,1-3H3,(H,24,28)(H2,25,26,30). The topological polar surface area (TPSA) is 128 Å². The summed E-state index contributed by atoms with van der Waals surface area (Å²) >= 11 is 1.31. The molecule has 4 rings (SSSR count). The molecule has 3 amide bonds. The number of nitrogens with one attached hydrogen (secondary N) is 3. The first-order chi connectivity index (χ1) is 15.9. The second-order valence-corrected chi connectivity index (χ2v) is 12.6. The zero-order valence-corrected chi connectivity index (χ0v) is 20.7. The Hall–Kier alpha value is -3.18. The van der Waals surface area contributed by atoms with Crippen LogP contribution in [0.4, 0.5) is 15.5 Å². The van der Waals surface area contributed by atoms with E-state index in [-0.39, 0.29) is 41.5 Å². The lowest BCUT2D eigenvalue weighted by molar-refractivity contribution is 0.0771. The fraction of sp³-hybridized carbons (Fsp3) is 0.348. The van der Waals surface area contributed by atoms with E-state index in [0.717, 1.165) is 4.88 Å². The molecule has 34 heavy (non-hydrogen) atoms. The average Bonchev–Trinajstić information content (AvgIpc) is 3.19. The molecule has 3 aromatic rings. The molecule has 11 heteroatoms. The second-order valence-electron chi connectivity index (χ2n) is 9.20. The van der Waals surface area contributed by atoms with Gasteiger partial charge in [-0.25, -0.2) is 13.2 Å². The van der Waals surface area contributed by atoms with Crippen LogP contribution in [0.25, 0.3) is 10.8 Å². The number of benzene rings is 1. The van der Waals surface area contributed by atoms with Gasteiger partial charge < -0.3 is 15.2 Å². The minimum absolute atomic E-state index is 0.0719. The lowest BCUT2D eigenvalue weighted by Crippen LogP contribution is -2.43. The van der Waals surface area contributed by atoms with E-state index in [2.05, 4.69) is 15.6 Å². The van der Waals surface area contributed by atoms with Crippen molar-refractivity contribution < 1.29 is 18.0 Å². The molecule has 0 radical (unpaired) electrons. The maximum atomic E-state index is 13.3. The molecule has 180 valence electrons. The van der Waals surface area contributed by atoms with Crippen LogP contribution >= 0.6 is 11.3 Å². The van der Waals surface area contributed by atoms with Crippen LogP contribution in [0.15, 0.2) is 41.3 Å². The van der Waals surface area contributed by atoms with E-state index < -0.39 is 15.9 Å². The molecule has 0 unspecified atom stereocenters. The molecule has 3 heterocycles. The first-order valence-corrected chi connectivity index (χ1v) is 13.4. The number of amides is 3. The Morgan fingerprint density at radius 2 is 1.71 bits per heavy atom. The maximum Gasteiger partial charge on any atom is 0.324 e. The number of sulfone groups is 1. The number of pyridine rings is 1. The molecule has 1 aromatic carbocycles. The van der Waals surface area contributed by atoms with E-state index in [0.29, 0.717) is 27.0 Å². The van der Waals surface area contributed by atoms with Crippen molar-refractivity contribution in [1.29, 1.82) is 0 Å². The zero-order valence-electron chi connectivity index (χ0n) is 19.1. The van der Waals surface area contributed by atoms with Crippen LogP contribution in [-0.4, -0.2) is 54.8 Å². The van der Waals surface area contributed by atoms with Gasteiger partial charge in [0.25, 0.3) is 11.5 Å². The highest BCUT2D eigenvalue weighted by atomic mass is 32.2. The molecule has 2 aromatic heterocycles. The van der Waals surface area contributed by atoms with E-state index in [1.54, 1.807) is 30.3 Å². The molecule has 1 fully saturated rings. The van der Waals surface area contributed by atoms with Gasteiger partial charge in [0.2, 0.25) is 0 Å². The third-order valence-electron chi connectivity index (χ3n) is 5.62. The number of thiophene rings is 1. The minimum atomic E-state index is -3.13. The molecule has 9 nitrogen and oxygen atoms in total. The number of anilines is 2. The van der Waals surface area contributed by atoms with Crippen LogP contribution in [0.5, 0.6) is 0 Å². The molecule has 0 aliphatic carbocycles. The molecule has 1 aliphatic rings. The van der Waals surface area contributed by atoms with Crippen LogP contribution in [0.2, 0.25) is 0 Å². The molecule has 0 bridgehead atoms. The van der Waals surface area contributed by atoms with Crippen molar-refractivity contribution in [3.05, 3.63) is 57.3 Å². The van der Waals surface area contributed by atoms with Crippen molar-refractivity contribution in [3.63, 3.8) is 0 Å². The van der Waals surface area contributed by atoms with Gasteiger partial charge in [-0.3, -0.25) is 14.9 Å². The quantitative estimate of drug-likeness (QED) is 0.506. The van der Waals surface area contributed by atoms with Crippen molar-refractivity contribution >= 4 is 54.6 Å².